The van der Waals surface area contributed by atoms with E-state index in [-0.39, 0.29) is 0 Å². The number of aryl methyl sites for hydroxylation is 5. The number of fused-ring (bicyclic) bond motifs is 1. The van der Waals surface area contributed by atoms with Gasteiger partial charge in [-0.1, -0.05) is 37.3 Å². The predicted molar refractivity (Wildman–Crippen MR) is 106 cm³/mol. The molecule has 3 heterocycles. The van der Waals surface area contributed by atoms with Crippen LogP contribution in [-0.2, 0) is 33.4 Å². The molecule has 3 aromatic heterocycles. The zero-order valence-electron chi connectivity index (χ0n) is 15.6. The number of thiophene rings is 1. The highest BCUT2D eigenvalue weighted by atomic mass is 32.1. The first-order valence-corrected chi connectivity index (χ1v) is 10.1. The van der Waals surface area contributed by atoms with Crippen LogP contribution in [0, 0.1) is 0 Å². The van der Waals surface area contributed by atoms with E-state index in [1.165, 1.54) is 32.9 Å². The van der Waals surface area contributed by atoms with Crippen molar-refractivity contribution in [3.63, 3.8) is 0 Å². The number of rotatable bonds is 5. The van der Waals surface area contributed by atoms with E-state index in [0.29, 0.717) is 0 Å². The van der Waals surface area contributed by atoms with E-state index in [4.69, 9.17) is 0 Å². The average molecular weight is 364 g/mol. The highest BCUT2D eigenvalue weighted by Gasteiger charge is 2.27. The molecule has 0 N–H and O–H groups in total. The van der Waals surface area contributed by atoms with E-state index >= 15 is 0 Å². The molecule has 0 fully saturated rings. The molecule has 4 heteroatoms. The molecule has 4 rings (SSSR count). The van der Waals surface area contributed by atoms with Crippen LogP contribution in [0.2, 0.25) is 0 Å². The highest BCUT2D eigenvalue weighted by molar-refractivity contribution is 7.09. The van der Waals surface area contributed by atoms with Crippen LogP contribution in [0.4, 0.5) is 0 Å². The first-order chi connectivity index (χ1) is 12.7. The lowest BCUT2D eigenvalue weighted by molar-refractivity contribution is -0.747. The summed E-state index contributed by atoms with van der Waals surface area (Å²) >= 11 is 1.84. The van der Waals surface area contributed by atoms with Gasteiger partial charge < -0.3 is 0 Å². The van der Waals surface area contributed by atoms with Gasteiger partial charge in [0.05, 0.1) is 13.2 Å². The molecule has 0 atom stereocenters. The summed E-state index contributed by atoms with van der Waals surface area (Å²) in [5.74, 6) is 0. The topological polar surface area (TPSA) is 12.2 Å². The third-order valence-corrected chi connectivity index (χ3v) is 5.99. The molecule has 0 amide bonds. The molecule has 0 unspecified atom stereocenters. The fourth-order valence-electron chi connectivity index (χ4n) is 3.60. The maximum atomic E-state index is 2.34. The van der Waals surface area contributed by atoms with E-state index in [0.717, 1.165) is 19.3 Å². The van der Waals surface area contributed by atoms with Crippen molar-refractivity contribution >= 4 is 17.0 Å². The molecule has 26 heavy (non-hydrogen) atoms. The summed E-state index contributed by atoms with van der Waals surface area (Å²) in [5, 5.41) is 2.16. The lowest BCUT2D eigenvalue weighted by Crippen LogP contribution is -2.40. The van der Waals surface area contributed by atoms with E-state index in [1.54, 1.807) is 0 Å². The first kappa shape index (κ1) is 17.0. The molecular formula is C22H25N3S+2. The second-order valence-corrected chi connectivity index (χ2v) is 7.83. The summed E-state index contributed by atoms with van der Waals surface area (Å²) in [6.45, 7) is 2.20. The van der Waals surface area contributed by atoms with Crippen molar-refractivity contribution < 1.29 is 9.25 Å². The normalized spacial score (nSPS) is 11.3. The average Bonchev–Trinajstić information content (AvgIpc) is 3.30. The summed E-state index contributed by atoms with van der Waals surface area (Å²) in [5.41, 5.74) is 6.50. The largest absolute Gasteiger partial charge is 0.356 e. The zero-order chi connectivity index (χ0) is 18.1. The van der Waals surface area contributed by atoms with E-state index in [1.807, 2.05) is 11.3 Å². The fourth-order valence-corrected chi connectivity index (χ4v) is 4.31. The molecule has 0 aliphatic heterocycles. The second kappa shape index (κ2) is 7.04. The smallest absolute Gasteiger partial charge is 0.231 e. The van der Waals surface area contributed by atoms with Crippen LogP contribution in [0.5, 0.6) is 0 Å². The van der Waals surface area contributed by atoms with Crippen molar-refractivity contribution in [1.82, 2.24) is 4.52 Å². The molecule has 3 nitrogen and oxygen atoms in total. The summed E-state index contributed by atoms with van der Waals surface area (Å²) in [6.07, 6.45) is 7.62. The lowest BCUT2D eigenvalue weighted by atomic mass is 10.1. The Hall–Kier alpha value is -2.46. The minimum atomic E-state index is 1.04. The molecule has 0 saturated carbocycles. The van der Waals surface area contributed by atoms with Crippen molar-refractivity contribution in [2.45, 2.75) is 26.2 Å². The van der Waals surface area contributed by atoms with Crippen LogP contribution < -0.4 is 9.25 Å². The predicted octanol–water partition coefficient (Wildman–Crippen LogP) is 3.66. The lowest BCUT2D eigenvalue weighted by Gasteiger charge is -2.01. The van der Waals surface area contributed by atoms with Crippen LogP contribution in [-0.4, -0.2) is 4.52 Å². The summed E-state index contributed by atoms with van der Waals surface area (Å²) < 4.78 is 6.77. The molecule has 0 radical (unpaired) electrons. The summed E-state index contributed by atoms with van der Waals surface area (Å²) in [7, 11) is 4.26. The first-order valence-electron chi connectivity index (χ1n) is 9.18. The van der Waals surface area contributed by atoms with Crippen LogP contribution in [0.1, 0.15) is 23.1 Å². The fraction of sp³-hybridized carbons (Fsp3) is 0.273. The Morgan fingerprint density at radius 3 is 2.50 bits per heavy atom. The summed E-state index contributed by atoms with van der Waals surface area (Å²) in [4.78, 5) is 1.44. The standard InChI is InChI=1S/C22H25N3S/c1-4-17-7-9-18(10-8-17)21-16-24(3)25-19(13-14-23(2)22(21)25)11-12-20-6-5-15-26-20/h5-10,13-16H,4,11-12H2,1-3H3/q+2. The van der Waals surface area contributed by atoms with Gasteiger partial charge in [-0.3, -0.25) is 0 Å². The Morgan fingerprint density at radius 1 is 1.00 bits per heavy atom. The van der Waals surface area contributed by atoms with Crippen molar-refractivity contribution in [3.05, 3.63) is 76.4 Å². The molecule has 0 saturated heterocycles. The van der Waals surface area contributed by atoms with Gasteiger partial charge in [0.2, 0.25) is 6.20 Å². The molecule has 132 valence electrons. The maximum absolute atomic E-state index is 2.34. The Kier molecular flexibility index (Phi) is 4.60. The van der Waals surface area contributed by atoms with Gasteiger partial charge in [0, 0.05) is 21.9 Å². The molecular weight excluding hydrogens is 338 g/mol. The maximum Gasteiger partial charge on any atom is 0.356 e. The van der Waals surface area contributed by atoms with Gasteiger partial charge in [0.25, 0.3) is 0 Å². The SMILES string of the molecule is CCc1ccc(-c2c[n+](C)n3c(CCc4cccs4)cc[n+](C)c23)cc1. The van der Waals surface area contributed by atoms with E-state index < -0.39 is 0 Å². The van der Waals surface area contributed by atoms with Gasteiger partial charge in [-0.25, -0.2) is 4.57 Å². The van der Waals surface area contributed by atoms with Gasteiger partial charge >= 0.3 is 5.65 Å². The van der Waals surface area contributed by atoms with Crippen molar-refractivity contribution in [2.75, 3.05) is 0 Å². The van der Waals surface area contributed by atoms with Crippen molar-refractivity contribution in [2.24, 2.45) is 14.1 Å². The molecule has 1 aromatic carbocycles. The van der Waals surface area contributed by atoms with Gasteiger partial charge in [-0.05, 0) is 40.1 Å². The number of hydrogen-bond acceptors (Lipinski definition) is 1. The van der Waals surface area contributed by atoms with E-state index in [2.05, 4.69) is 95.0 Å². The Bertz CT molecular complexity index is 1030. The Labute approximate surface area is 158 Å². The summed E-state index contributed by atoms with van der Waals surface area (Å²) in [6, 6.07) is 15.6. The van der Waals surface area contributed by atoms with Crippen LogP contribution in [0.25, 0.3) is 16.8 Å². The number of hydrogen-bond donors (Lipinski definition) is 0. The van der Waals surface area contributed by atoms with Gasteiger partial charge in [0.15, 0.2) is 12.7 Å². The molecule has 0 bridgehead atoms. The quantitative estimate of drug-likeness (QED) is 0.480. The molecule has 4 aromatic rings. The third kappa shape index (κ3) is 3.06. The second-order valence-electron chi connectivity index (χ2n) is 6.80. The van der Waals surface area contributed by atoms with Gasteiger partial charge in [-0.2, -0.15) is 0 Å². The van der Waals surface area contributed by atoms with Crippen LogP contribution >= 0.6 is 11.3 Å². The Morgan fingerprint density at radius 2 is 1.81 bits per heavy atom. The zero-order valence-corrected chi connectivity index (χ0v) is 16.5. The number of benzene rings is 1. The van der Waals surface area contributed by atoms with Gasteiger partial charge in [-0.15, -0.1) is 11.3 Å². The van der Waals surface area contributed by atoms with Gasteiger partial charge in [0.1, 0.15) is 5.56 Å². The molecule has 0 aliphatic rings. The third-order valence-electron chi connectivity index (χ3n) is 5.05. The molecule has 0 aliphatic carbocycles. The van der Waals surface area contributed by atoms with Crippen LogP contribution in [0.3, 0.4) is 0 Å². The van der Waals surface area contributed by atoms with Crippen LogP contribution in [0.15, 0.2) is 60.2 Å². The van der Waals surface area contributed by atoms with Crippen molar-refractivity contribution in [3.8, 4) is 11.1 Å². The minimum absolute atomic E-state index is 1.04. The van der Waals surface area contributed by atoms with Crippen molar-refractivity contribution in [1.29, 1.82) is 0 Å². The van der Waals surface area contributed by atoms with E-state index in [9.17, 15) is 0 Å². The highest BCUT2D eigenvalue weighted by Crippen LogP contribution is 2.23. The Balaban J connectivity index is 1.79. The minimum Gasteiger partial charge on any atom is -0.231 e. The number of aromatic nitrogens is 3. The number of nitrogens with zero attached hydrogens (tertiary/aromatic N) is 3. The monoisotopic (exact) mass is 363 g/mol. The molecule has 0 spiro atoms.